The van der Waals surface area contributed by atoms with E-state index in [1.165, 1.54) is 7.11 Å². The molecule has 0 atom stereocenters. The molecule has 0 aliphatic carbocycles. The first-order chi connectivity index (χ1) is 9.83. The molecular weight excluding hydrogens is 351 g/mol. The van der Waals surface area contributed by atoms with E-state index in [1.807, 2.05) is 0 Å². The van der Waals surface area contributed by atoms with Crippen LogP contribution in [0.2, 0.25) is 0 Å². The van der Waals surface area contributed by atoms with Crippen LogP contribution in [-0.2, 0) is 11.3 Å². The fourth-order valence-electron chi connectivity index (χ4n) is 1.73. The lowest BCUT2D eigenvalue weighted by Crippen LogP contribution is -2.16. The zero-order valence-electron chi connectivity index (χ0n) is 11.6. The third-order valence-corrected chi connectivity index (χ3v) is 3.59. The molecule has 1 N–H and O–H groups in total. The number of halogens is 4. The normalized spacial score (nSPS) is 11.5. The van der Waals surface area contributed by atoms with Gasteiger partial charge < -0.3 is 10.1 Å². The van der Waals surface area contributed by atoms with Gasteiger partial charge in [0.1, 0.15) is 0 Å². The number of carbonyl (C=O) groups excluding carboxylic acids is 1. The average Bonchev–Trinajstić information content (AvgIpc) is 2.42. The molecule has 1 aromatic rings. The molecule has 0 spiro atoms. The van der Waals surface area contributed by atoms with Crippen molar-refractivity contribution in [1.29, 1.82) is 0 Å². The van der Waals surface area contributed by atoms with Crippen molar-refractivity contribution in [3.8, 4) is 0 Å². The van der Waals surface area contributed by atoms with Crippen molar-refractivity contribution in [2.45, 2.75) is 32.0 Å². The molecule has 0 saturated heterocycles. The molecule has 7 heteroatoms. The Morgan fingerprint density at radius 2 is 2.05 bits per heavy atom. The topological polar surface area (TPSA) is 38.3 Å². The van der Waals surface area contributed by atoms with Gasteiger partial charge in [0, 0.05) is 17.4 Å². The zero-order valence-corrected chi connectivity index (χ0v) is 13.2. The van der Waals surface area contributed by atoms with Crippen LogP contribution in [0.4, 0.5) is 13.2 Å². The molecule has 0 radical (unpaired) electrons. The third kappa shape index (κ3) is 6.95. The third-order valence-electron chi connectivity index (χ3n) is 2.85. The molecule has 0 aromatic heterocycles. The van der Waals surface area contributed by atoms with E-state index in [0.717, 1.165) is 10.0 Å². The van der Waals surface area contributed by atoms with Crippen LogP contribution in [-0.4, -0.2) is 25.8 Å². The van der Waals surface area contributed by atoms with Gasteiger partial charge in [-0.05, 0) is 37.1 Å². The summed E-state index contributed by atoms with van der Waals surface area (Å²) in [6.07, 6.45) is -4.23. The van der Waals surface area contributed by atoms with Gasteiger partial charge in [0.15, 0.2) is 0 Å². The van der Waals surface area contributed by atoms with E-state index in [9.17, 15) is 18.0 Å². The van der Waals surface area contributed by atoms with Gasteiger partial charge in [0.05, 0.1) is 12.7 Å². The van der Waals surface area contributed by atoms with Crippen LogP contribution in [0.1, 0.15) is 35.2 Å². The van der Waals surface area contributed by atoms with E-state index in [2.05, 4.69) is 26.0 Å². The van der Waals surface area contributed by atoms with Crippen molar-refractivity contribution in [1.82, 2.24) is 5.32 Å². The van der Waals surface area contributed by atoms with Crippen LogP contribution >= 0.6 is 15.9 Å². The maximum atomic E-state index is 12.0. The number of carbonyl (C=O) groups is 1. The Balaban J connectivity index is 2.34. The van der Waals surface area contributed by atoms with Crippen molar-refractivity contribution in [2.24, 2.45) is 0 Å². The fourth-order valence-corrected chi connectivity index (χ4v) is 2.25. The first-order valence-corrected chi connectivity index (χ1v) is 7.27. The number of nitrogens with one attached hydrogen (secondary N) is 1. The number of methoxy groups -OCH3 is 1. The van der Waals surface area contributed by atoms with E-state index in [4.69, 9.17) is 0 Å². The summed E-state index contributed by atoms with van der Waals surface area (Å²) in [5.74, 6) is -0.414. The van der Waals surface area contributed by atoms with Crippen molar-refractivity contribution < 1.29 is 22.7 Å². The molecule has 0 aliphatic heterocycles. The molecule has 0 fully saturated rings. The lowest BCUT2D eigenvalue weighted by Gasteiger charge is -2.09. The van der Waals surface area contributed by atoms with Gasteiger partial charge in [0.25, 0.3) is 0 Å². The predicted molar refractivity (Wildman–Crippen MR) is 77.1 cm³/mol. The number of ether oxygens (including phenoxy) is 1. The summed E-state index contributed by atoms with van der Waals surface area (Å²) in [4.78, 5) is 11.3. The summed E-state index contributed by atoms with van der Waals surface area (Å²) in [5, 5.41) is 3.08. The summed E-state index contributed by atoms with van der Waals surface area (Å²) in [6.45, 7) is 1.04. The highest BCUT2D eigenvalue weighted by Crippen LogP contribution is 2.22. The largest absolute Gasteiger partial charge is 0.465 e. The number of hydrogen-bond acceptors (Lipinski definition) is 3. The number of hydrogen-bond donors (Lipinski definition) is 1. The number of benzene rings is 1. The Kier molecular flexibility index (Phi) is 7.17. The van der Waals surface area contributed by atoms with Gasteiger partial charge in [-0.25, -0.2) is 4.79 Å². The minimum Gasteiger partial charge on any atom is -0.465 e. The molecule has 0 aliphatic rings. The van der Waals surface area contributed by atoms with Crippen LogP contribution in [0.3, 0.4) is 0 Å². The Morgan fingerprint density at radius 1 is 1.33 bits per heavy atom. The lowest BCUT2D eigenvalue weighted by atomic mass is 10.1. The second-order valence-corrected chi connectivity index (χ2v) is 5.40. The Labute approximate surface area is 130 Å². The quantitative estimate of drug-likeness (QED) is 0.583. The van der Waals surface area contributed by atoms with Crippen LogP contribution in [0.15, 0.2) is 22.7 Å². The van der Waals surface area contributed by atoms with Crippen LogP contribution in [0, 0.1) is 0 Å². The molecule has 0 bridgehead atoms. The lowest BCUT2D eigenvalue weighted by molar-refractivity contribution is -0.135. The Bertz CT molecular complexity index is 478. The highest BCUT2D eigenvalue weighted by atomic mass is 79.9. The van der Waals surface area contributed by atoms with Gasteiger partial charge >= 0.3 is 12.1 Å². The second kappa shape index (κ2) is 8.38. The monoisotopic (exact) mass is 367 g/mol. The minimum absolute atomic E-state index is 0.124. The first-order valence-electron chi connectivity index (χ1n) is 6.47. The summed E-state index contributed by atoms with van der Waals surface area (Å²) >= 11 is 3.36. The van der Waals surface area contributed by atoms with E-state index in [-0.39, 0.29) is 6.42 Å². The smallest absolute Gasteiger partial charge is 0.389 e. The van der Waals surface area contributed by atoms with Crippen molar-refractivity contribution in [2.75, 3.05) is 13.7 Å². The van der Waals surface area contributed by atoms with E-state index >= 15 is 0 Å². The molecular formula is C14H17BrF3NO2. The summed E-state index contributed by atoms with van der Waals surface area (Å²) in [7, 11) is 1.31. The van der Waals surface area contributed by atoms with E-state index in [1.54, 1.807) is 18.2 Å². The van der Waals surface area contributed by atoms with Gasteiger partial charge in [-0.15, -0.1) is 0 Å². The molecule has 0 amide bonds. The van der Waals surface area contributed by atoms with E-state index in [0.29, 0.717) is 25.1 Å². The highest BCUT2D eigenvalue weighted by molar-refractivity contribution is 9.10. The molecule has 3 nitrogen and oxygen atoms in total. The first kappa shape index (κ1) is 18.0. The van der Waals surface area contributed by atoms with Gasteiger partial charge in [-0.1, -0.05) is 22.0 Å². The molecule has 118 valence electrons. The molecule has 21 heavy (non-hydrogen) atoms. The maximum absolute atomic E-state index is 12.0. The highest BCUT2D eigenvalue weighted by Gasteiger charge is 2.25. The molecule has 1 aromatic carbocycles. The van der Waals surface area contributed by atoms with Gasteiger partial charge in [0.2, 0.25) is 0 Å². The van der Waals surface area contributed by atoms with Crippen molar-refractivity contribution in [3.63, 3.8) is 0 Å². The van der Waals surface area contributed by atoms with Crippen LogP contribution in [0.5, 0.6) is 0 Å². The van der Waals surface area contributed by atoms with E-state index < -0.39 is 18.6 Å². The average molecular weight is 368 g/mol. The standard InChI is InChI=1S/C14H17BrF3NO2/c1-21-13(20)10-4-5-11(12(15)8-10)9-19-7-3-2-6-14(16,17)18/h4-5,8,19H,2-3,6-7,9H2,1H3. The fraction of sp³-hybridized carbons (Fsp3) is 0.500. The van der Waals surface area contributed by atoms with Crippen LogP contribution < -0.4 is 5.32 Å². The number of rotatable bonds is 7. The minimum atomic E-state index is -4.08. The molecule has 0 heterocycles. The van der Waals surface area contributed by atoms with Crippen molar-refractivity contribution in [3.05, 3.63) is 33.8 Å². The number of unbranched alkanes of at least 4 members (excludes halogenated alkanes) is 1. The predicted octanol–water partition coefficient (Wildman–Crippen LogP) is 4.06. The summed E-state index contributed by atoms with van der Waals surface area (Å²) in [6, 6.07) is 5.09. The molecule has 0 saturated carbocycles. The molecule has 0 unspecified atom stereocenters. The summed E-state index contributed by atoms with van der Waals surface area (Å²) in [5.41, 5.74) is 1.37. The second-order valence-electron chi connectivity index (χ2n) is 4.55. The van der Waals surface area contributed by atoms with Gasteiger partial charge in [-0.2, -0.15) is 13.2 Å². The number of esters is 1. The molecule has 1 rings (SSSR count). The zero-order chi connectivity index (χ0) is 15.9. The Hall–Kier alpha value is -1.08. The summed E-state index contributed by atoms with van der Waals surface area (Å²) < 4.78 is 41.2. The Morgan fingerprint density at radius 3 is 2.62 bits per heavy atom. The number of alkyl halides is 3. The SMILES string of the molecule is COC(=O)c1ccc(CNCCCCC(F)(F)F)c(Br)c1. The van der Waals surface area contributed by atoms with Gasteiger partial charge in [-0.3, -0.25) is 0 Å². The van der Waals surface area contributed by atoms with Crippen molar-refractivity contribution >= 4 is 21.9 Å². The maximum Gasteiger partial charge on any atom is 0.389 e. The van der Waals surface area contributed by atoms with Crippen LogP contribution in [0.25, 0.3) is 0 Å².